The van der Waals surface area contributed by atoms with Gasteiger partial charge in [0.25, 0.3) is 0 Å². The number of ether oxygens (including phenoxy) is 1. The number of hydrogen-bond donors (Lipinski definition) is 0. The zero-order valence-electron chi connectivity index (χ0n) is 19.4. The summed E-state index contributed by atoms with van der Waals surface area (Å²) in [5.41, 5.74) is 1.23. The van der Waals surface area contributed by atoms with Crippen molar-refractivity contribution in [3.63, 3.8) is 0 Å². The molecule has 32 heavy (non-hydrogen) atoms. The molecule has 7 nitrogen and oxygen atoms in total. The summed E-state index contributed by atoms with van der Waals surface area (Å²) in [5, 5.41) is 4.58. The summed E-state index contributed by atoms with van der Waals surface area (Å²) in [5.74, 6) is 1.54. The Labute approximate surface area is 193 Å². The van der Waals surface area contributed by atoms with Crippen LogP contribution in [-0.4, -0.2) is 56.2 Å². The monoisotopic (exact) mass is 458 g/mol. The molecule has 1 aromatic heterocycles. The Balaban J connectivity index is 1.63. The third-order valence-electron chi connectivity index (χ3n) is 6.68. The fourth-order valence-electron chi connectivity index (χ4n) is 4.58. The molecule has 1 aromatic carbocycles. The zero-order chi connectivity index (χ0) is 22.8. The van der Waals surface area contributed by atoms with E-state index < -0.39 is 11.4 Å². The van der Waals surface area contributed by atoms with Crippen LogP contribution in [0.5, 0.6) is 5.75 Å². The maximum atomic E-state index is 13.5. The number of rotatable bonds is 6. The van der Waals surface area contributed by atoms with Crippen LogP contribution in [0.25, 0.3) is 5.69 Å². The van der Waals surface area contributed by atoms with Crippen LogP contribution in [0.2, 0.25) is 0 Å². The van der Waals surface area contributed by atoms with Crippen LogP contribution in [0.3, 0.4) is 0 Å². The van der Waals surface area contributed by atoms with E-state index in [2.05, 4.69) is 23.8 Å². The molecule has 0 radical (unpaired) electrons. The van der Waals surface area contributed by atoms with Gasteiger partial charge in [0.1, 0.15) is 10.9 Å². The zero-order valence-corrected chi connectivity index (χ0v) is 20.3. The number of aromatic nitrogens is 2. The summed E-state index contributed by atoms with van der Waals surface area (Å²) in [6.07, 6.45) is 3.69. The second-order valence-corrected chi connectivity index (χ2v) is 11.3. The van der Waals surface area contributed by atoms with Crippen LogP contribution in [-0.2, 0) is 11.4 Å². The van der Waals surface area contributed by atoms with Gasteiger partial charge in [0, 0.05) is 24.5 Å². The fraction of sp³-hybridized carbons (Fsp3) is 0.583. The normalized spacial score (nSPS) is 23.6. The van der Waals surface area contributed by atoms with E-state index in [9.17, 15) is 9.35 Å². The maximum absolute atomic E-state index is 13.5. The van der Waals surface area contributed by atoms with Crippen molar-refractivity contribution in [3.8, 4) is 11.4 Å². The molecule has 8 heteroatoms. The van der Waals surface area contributed by atoms with E-state index in [-0.39, 0.29) is 16.9 Å². The predicted octanol–water partition coefficient (Wildman–Crippen LogP) is 3.24. The van der Waals surface area contributed by atoms with Crippen molar-refractivity contribution in [2.75, 3.05) is 31.1 Å². The molecule has 1 aliphatic heterocycles. The van der Waals surface area contributed by atoms with Gasteiger partial charge in [-0.05, 0) is 50.7 Å². The molecule has 1 aliphatic carbocycles. The van der Waals surface area contributed by atoms with Crippen molar-refractivity contribution in [1.82, 2.24) is 14.1 Å². The first kappa shape index (κ1) is 23.1. The molecule has 0 amide bonds. The molecule has 0 N–H and O–H groups in total. The standard InChI is InChI=1S/C24H34N4O3S/c1-17(2)32(30)27-12-10-26(11-13-27)22-16-25-28(20-8-6-5-7-9-20)24(29)23(22)31-21-14-18(3)19(4)15-21/h5-9,16-19,21H,10-15H2,1-4H3/t18-,19-,32?/m1/s1. The van der Waals surface area contributed by atoms with E-state index in [1.165, 1.54) is 4.68 Å². The van der Waals surface area contributed by atoms with Gasteiger partial charge in [-0.1, -0.05) is 32.0 Å². The molecular formula is C24H34N4O3S. The number of benzene rings is 1. The summed E-state index contributed by atoms with van der Waals surface area (Å²) in [4.78, 5) is 15.7. The molecule has 2 aliphatic rings. The first-order chi connectivity index (χ1) is 15.3. The highest BCUT2D eigenvalue weighted by atomic mass is 32.2. The predicted molar refractivity (Wildman–Crippen MR) is 129 cm³/mol. The first-order valence-electron chi connectivity index (χ1n) is 11.6. The van der Waals surface area contributed by atoms with Gasteiger partial charge in [-0.25, -0.2) is 0 Å². The second kappa shape index (κ2) is 9.85. The molecule has 2 aromatic rings. The quantitative estimate of drug-likeness (QED) is 0.619. The largest absolute Gasteiger partial charge is 0.598 e. The Morgan fingerprint density at radius 2 is 1.69 bits per heavy atom. The van der Waals surface area contributed by atoms with E-state index in [4.69, 9.17) is 4.74 Å². The van der Waals surface area contributed by atoms with Crippen LogP contribution in [0.4, 0.5) is 5.69 Å². The summed E-state index contributed by atoms with van der Waals surface area (Å²) in [6, 6.07) is 9.45. The molecule has 0 spiro atoms. The van der Waals surface area contributed by atoms with Crippen molar-refractivity contribution in [3.05, 3.63) is 46.9 Å². The van der Waals surface area contributed by atoms with Crippen molar-refractivity contribution < 1.29 is 9.29 Å². The highest BCUT2D eigenvalue weighted by molar-refractivity contribution is 7.89. The Kier molecular flexibility index (Phi) is 7.12. The van der Waals surface area contributed by atoms with Gasteiger partial charge in [-0.2, -0.15) is 9.78 Å². The summed E-state index contributed by atoms with van der Waals surface area (Å²) < 4.78 is 22.3. The van der Waals surface area contributed by atoms with Crippen LogP contribution in [0.15, 0.2) is 41.3 Å². The van der Waals surface area contributed by atoms with Gasteiger partial charge in [0.2, 0.25) is 5.75 Å². The summed E-state index contributed by atoms with van der Waals surface area (Å²) in [6.45, 7) is 11.2. The summed E-state index contributed by atoms with van der Waals surface area (Å²) in [7, 11) is 0. The topological polar surface area (TPSA) is 73.7 Å². The van der Waals surface area contributed by atoms with Crippen LogP contribution < -0.4 is 15.2 Å². The van der Waals surface area contributed by atoms with Crippen molar-refractivity contribution in [1.29, 1.82) is 0 Å². The molecule has 1 unspecified atom stereocenters. The molecule has 174 valence electrons. The number of nitrogens with zero attached hydrogens (tertiary/aromatic N) is 4. The summed E-state index contributed by atoms with van der Waals surface area (Å²) >= 11 is -0.986. The minimum atomic E-state index is -0.986. The average Bonchev–Trinajstić information content (AvgIpc) is 3.12. The number of piperazine rings is 1. The van der Waals surface area contributed by atoms with Crippen LogP contribution in [0, 0.1) is 11.8 Å². The third kappa shape index (κ3) is 4.82. The molecule has 1 saturated carbocycles. The number of anilines is 1. The average molecular weight is 459 g/mol. The second-order valence-electron chi connectivity index (χ2n) is 9.32. The Morgan fingerprint density at radius 3 is 2.28 bits per heavy atom. The van der Waals surface area contributed by atoms with Crippen LogP contribution in [0.1, 0.15) is 40.5 Å². The van der Waals surface area contributed by atoms with E-state index in [1.807, 2.05) is 48.5 Å². The minimum absolute atomic E-state index is 0.0350. The molecular weight excluding hydrogens is 424 g/mol. The lowest BCUT2D eigenvalue weighted by Gasteiger charge is -2.37. The highest BCUT2D eigenvalue weighted by Crippen LogP contribution is 2.35. The first-order valence-corrected chi connectivity index (χ1v) is 12.8. The van der Waals surface area contributed by atoms with Gasteiger partial charge in [0.05, 0.1) is 31.1 Å². The van der Waals surface area contributed by atoms with Crippen LogP contribution >= 0.6 is 0 Å². The maximum Gasteiger partial charge on any atom is 0.316 e. The smallest absolute Gasteiger partial charge is 0.316 e. The fourth-order valence-corrected chi connectivity index (χ4v) is 5.70. The lowest BCUT2D eigenvalue weighted by atomic mass is 10.0. The Bertz CT molecular complexity index is 949. The van der Waals surface area contributed by atoms with Gasteiger partial charge in [-0.15, -0.1) is 4.31 Å². The Hall–Kier alpha value is -2.03. The van der Waals surface area contributed by atoms with Gasteiger partial charge < -0.3 is 14.2 Å². The molecule has 2 heterocycles. The van der Waals surface area contributed by atoms with E-state index in [0.717, 1.165) is 24.2 Å². The Morgan fingerprint density at radius 1 is 1.06 bits per heavy atom. The molecule has 2 fully saturated rings. The van der Waals surface area contributed by atoms with Crippen molar-refractivity contribution in [2.24, 2.45) is 11.8 Å². The molecule has 0 bridgehead atoms. The number of para-hydroxylation sites is 1. The minimum Gasteiger partial charge on any atom is -0.598 e. The lowest BCUT2D eigenvalue weighted by Crippen LogP contribution is -2.50. The molecule has 3 atom stereocenters. The van der Waals surface area contributed by atoms with E-state index in [0.29, 0.717) is 43.8 Å². The third-order valence-corrected chi connectivity index (χ3v) is 8.36. The molecule has 1 saturated heterocycles. The van der Waals surface area contributed by atoms with Crippen molar-refractivity contribution in [2.45, 2.75) is 51.9 Å². The van der Waals surface area contributed by atoms with E-state index >= 15 is 0 Å². The number of hydrogen-bond acceptors (Lipinski definition) is 6. The van der Waals surface area contributed by atoms with Crippen molar-refractivity contribution >= 4 is 17.0 Å². The van der Waals surface area contributed by atoms with E-state index in [1.54, 1.807) is 6.20 Å². The highest BCUT2D eigenvalue weighted by Gasteiger charge is 2.33. The van der Waals surface area contributed by atoms with Gasteiger partial charge in [-0.3, -0.25) is 4.79 Å². The lowest BCUT2D eigenvalue weighted by molar-refractivity contribution is 0.199. The van der Waals surface area contributed by atoms with Gasteiger partial charge >= 0.3 is 5.56 Å². The molecule has 4 rings (SSSR count). The van der Waals surface area contributed by atoms with Gasteiger partial charge in [0.15, 0.2) is 0 Å². The SMILES string of the molecule is CC(C)[S+]([O-])N1CCN(c2cnn(-c3ccccc3)c(=O)c2OC2C[C@@H](C)[C@H](C)C2)CC1.